The number of carbonyl (C=O) groups excluding carboxylic acids is 1. The van der Waals surface area contributed by atoms with E-state index in [4.69, 9.17) is 11.6 Å². The van der Waals surface area contributed by atoms with E-state index >= 15 is 0 Å². The van der Waals surface area contributed by atoms with E-state index in [1.54, 1.807) is 24.3 Å². The van der Waals surface area contributed by atoms with Gasteiger partial charge >= 0.3 is 0 Å². The first kappa shape index (κ1) is 24.3. The van der Waals surface area contributed by atoms with Crippen LogP contribution in [0.5, 0.6) is 0 Å². The van der Waals surface area contributed by atoms with Gasteiger partial charge in [0.25, 0.3) is 10.0 Å². The SMILES string of the molecule is CC1=C(CC(=O)N2CCN(c3ccc(S(=O)(=O)Nc4ccncn4)cc3)CC2)Cc2ccc(Cl)cc21. The van der Waals surface area contributed by atoms with E-state index in [2.05, 4.69) is 26.5 Å². The van der Waals surface area contributed by atoms with Gasteiger partial charge in [-0.15, -0.1) is 0 Å². The van der Waals surface area contributed by atoms with Gasteiger partial charge in [-0.2, -0.15) is 0 Å². The second kappa shape index (κ2) is 9.91. The summed E-state index contributed by atoms with van der Waals surface area (Å²) in [6.07, 6.45) is 3.97. The van der Waals surface area contributed by atoms with Gasteiger partial charge in [0.05, 0.1) is 4.90 Å². The molecular weight excluding hydrogens is 498 g/mol. The number of hydrogen-bond acceptors (Lipinski definition) is 6. The number of nitrogens with zero attached hydrogens (tertiary/aromatic N) is 4. The third kappa shape index (κ3) is 5.08. The van der Waals surface area contributed by atoms with Gasteiger partial charge in [0.2, 0.25) is 5.91 Å². The smallest absolute Gasteiger partial charge is 0.263 e. The van der Waals surface area contributed by atoms with Gasteiger partial charge in [-0.25, -0.2) is 18.4 Å². The highest BCUT2D eigenvalue weighted by atomic mass is 35.5. The molecule has 1 aliphatic carbocycles. The molecule has 1 amide bonds. The Hall–Kier alpha value is -3.43. The Morgan fingerprint density at radius 2 is 1.81 bits per heavy atom. The van der Waals surface area contributed by atoms with Crippen LogP contribution in [0.4, 0.5) is 11.5 Å². The Labute approximate surface area is 215 Å². The lowest BCUT2D eigenvalue weighted by Crippen LogP contribution is -2.48. The summed E-state index contributed by atoms with van der Waals surface area (Å²) in [5.74, 6) is 0.353. The van der Waals surface area contributed by atoms with Crippen LogP contribution in [-0.2, 0) is 21.2 Å². The van der Waals surface area contributed by atoms with Gasteiger partial charge in [0.1, 0.15) is 12.1 Å². The first-order valence-electron chi connectivity index (χ1n) is 11.7. The number of benzene rings is 2. The van der Waals surface area contributed by atoms with Crippen molar-refractivity contribution in [3.63, 3.8) is 0 Å². The summed E-state index contributed by atoms with van der Waals surface area (Å²) in [6.45, 7) is 4.68. The zero-order chi connectivity index (χ0) is 25.3. The molecule has 10 heteroatoms. The fraction of sp³-hybridized carbons (Fsp3) is 0.269. The predicted molar refractivity (Wildman–Crippen MR) is 140 cm³/mol. The number of nitrogens with one attached hydrogen (secondary N) is 1. The number of allylic oxidation sites excluding steroid dienone is 1. The van der Waals surface area contributed by atoms with Crippen LogP contribution in [0.2, 0.25) is 5.02 Å². The summed E-state index contributed by atoms with van der Waals surface area (Å²) >= 11 is 6.15. The molecule has 36 heavy (non-hydrogen) atoms. The van der Waals surface area contributed by atoms with E-state index in [0.29, 0.717) is 37.6 Å². The van der Waals surface area contributed by atoms with E-state index in [-0.39, 0.29) is 16.6 Å². The van der Waals surface area contributed by atoms with Crippen LogP contribution in [0.15, 0.2) is 71.5 Å². The molecule has 0 spiro atoms. The number of rotatable bonds is 6. The second-order valence-electron chi connectivity index (χ2n) is 8.95. The summed E-state index contributed by atoms with van der Waals surface area (Å²) in [4.78, 5) is 24.9. The fourth-order valence-electron chi connectivity index (χ4n) is 4.69. The molecule has 3 aromatic rings. The molecule has 0 bridgehead atoms. The van der Waals surface area contributed by atoms with Crippen LogP contribution in [0.3, 0.4) is 0 Å². The quantitative estimate of drug-likeness (QED) is 0.524. The van der Waals surface area contributed by atoms with Crippen LogP contribution in [0, 0.1) is 0 Å². The molecule has 1 N–H and O–H groups in total. The van der Waals surface area contributed by atoms with Gasteiger partial charge < -0.3 is 9.80 Å². The van der Waals surface area contributed by atoms with Crippen molar-refractivity contribution >= 4 is 44.6 Å². The Balaban J connectivity index is 1.17. The molecule has 5 rings (SSSR count). The molecule has 2 heterocycles. The molecule has 0 radical (unpaired) electrons. The standard InChI is InChI=1S/C26H26ClN5O3S/c1-18-20(14-19-2-3-21(27)16-24(18)19)15-26(33)32-12-10-31(11-13-32)22-4-6-23(7-5-22)36(34,35)30-25-8-9-28-17-29-25/h2-9,16-17H,10-15H2,1H3,(H,28,29,30). The molecule has 2 aromatic carbocycles. The van der Waals surface area contributed by atoms with E-state index in [1.807, 2.05) is 23.1 Å². The predicted octanol–water partition coefficient (Wildman–Crippen LogP) is 4.00. The minimum Gasteiger partial charge on any atom is -0.368 e. The van der Waals surface area contributed by atoms with Crippen molar-refractivity contribution in [2.75, 3.05) is 35.8 Å². The zero-order valence-electron chi connectivity index (χ0n) is 19.8. The molecule has 0 unspecified atom stereocenters. The maximum Gasteiger partial charge on any atom is 0.263 e. The number of halogens is 1. The van der Waals surface area contributed by atoms with Crippen LogP contribution >= 0.6 is 11.6 Å². The van der Waals surface area contributed by atoms with Gasteiger partial charge in [-0.1, -0.05) is 23.2 Å². The molecule has 2 aliphatic rings. The molecule has 1 aromatic heterocycles. The van der Waals surface area contributed by atoms with Crippen LogP contribution in [0.25, 0.3) is 5.57 Å². The summed E-state index contributed by atoms with van der Waals surface area (Å²) in [6, 6.07) is 14.2. The molecular formula is C26H26ClN5O3S. The molecule has 1 saturated heterocycles. The summed E-state index contributed by atoms with van der Waals surface area (Å²) < 4.78 is 27.7. The molecule has 1 fully saturated rings. The number of amides is 1. The number of anilines is 2. The lowest BCUT2D eigenvalue weighted by Gasteiger charge is -2.36. The Morgan fingerprint density at radius 1 is 1.06 bits per heavy atom. The highest BCUT2D eigenvalue weighted by Crippen LogP contribution is 2.36. The number of aromatic nitrogens is 2. The van der Waals surface area contributed by atoms with Crippen molar-refractivity contribution < 1.29 is 13.2 Å². The number of sulfonamides is 1. The highest BCUT2D eigenvalue weighted by molar-refractivity contribution is 7.92. The largest absolute Gasteiger partial charge is 0.368 e. The summed E-state index contributed by atoms with van der Waals surface area (Å²) in [5.41, 5.74) is 5.61. The number of hydrogen-bond donors (Lipinski definition) is 1. The van der Waals surface area contributed by atoms with Crippen molar-refractivity contribution in [1.29, 1.82) is 0 Å². The van der Waals surface area contributed by atoms with E-state index in [0.717, 1.165) is 28.8 Å². The fourth-order valence-corrected chi connectivity index (χ4v) is 5.87. The average molecular weight is 524 g/mol. The van der Waals surface area contributed by atoms with E-state index in [1.165, 1.54) is 24.2 Å². The lowest BCUT2D eigenvalue weighted by molar-refractivity contribution is -0.130. The highest BCUT2D eigenvalue weighted by Gasteiger charge is 2.26. The Morgan fingerprint density at radius 3 is 2.50 bits per heavy atom. The topological polar surface area (TPSA) is 95.5 Å². The second-order valence-corrected chi connectivity index (χ2v) is 11.1. The molecule has 0 saturated carbocycles. The van der Waals surface area contributed by atoms with Crippen LogP contribution in [-0.4, -0.2) is 55.4 Å². The maximum atomic E-state index is 13.0. The third-order valence-corrected chi connectivity index (χ3v) is 8.35. The van der Waals surface area contributed by atoms with Gasteiger partial charge in [0, 0.05) is 49.5 Å². The number of fused-ring (bicyclic) bond motifs is 1. The van der Waals surface area contributed by atoms with Crippen LogP contribution < -0.4 is 9.62 Å². The monoisotopic (exact) mass is 523 g/mol. The molecule has 8 nitrogen and oxygen atoms in total. The average Bonchev–Trinajstić information content (AvgIpc) is 3.19. The minimum atomic E-state index is -3.74. The van der Waals surface area contributed by atoms with E-state index in [9.17, 15) is 13.2 Å². The first-order chi connectivity index (χ1) is 17.3. The first-order valence-corrected chi connectivity index (χ1v) is 13.6. The van der Waals surface area contributed by atoms with Crippen molar-refractivity contribution in [2.45, 2.75) is 24.7 Å². The summed E-state index contributed by atoms with van der Waals surface area (Å²) in [5, 5.41) is 0.712. The van der Waals surface area contributed by atoms with E-state index < -0.39 is 10.0 Å². The van der Waals surface area contributed by atoms with Gasteiger partial charge in [0.15, 0.2) is 0 Å². The lowest BCUT2D eigenvalue weighted by atomic mass is 10.1. The molecule has 1 aliphatic heterocycles. The number of piperazine rings is 1. The Kier molecular flexibility index (Phi) is 6.68. The van der Waals surface area contributed by atoms with Gasteiger partial charge in [-0.3, -0.25) is 9.52 Å². The Bertz CT molecular complexity index is 1420. The van der Waals surface area contributed by atoms with Crippen molar-refractivity contribution in [2.24, 2.45) is 0 Å². The normalized spacial score (nSPS) is 15.7. The van der Waals surface area contributed by atoms with Gasteiger partial charge in [-0.05, 0) is 72.5 Å². The van der Waals surface area contributed by atoms with Crippen molar-refractivity contribution in [1.82, 2.24) is 14.9 Å². The van der Waals surface area contributed by atoms with Crippen molar-refractivity contribution in [3.05, 3.63) is 82.8 Å². The van der Waals surface area contributed by atoms with Crippen LogP contribution in [0.1, 0.15) is 24.5 Å². The number of carbonyl (C=O) groups is 1. The third-order valence-electron chi connectivity index (χ3n) is 6.74. The zero-order valence-corrected chi connectivity index (χ0v) is 21.4. The maximum absolute atomic E-state index is 13.0. The summed E-state index contributed by atoms with van der Waals surface area (Å²) in [7, 11) is -3.74. The minimum absolute atomic E-state index is 0.139. The molecule has 0 atom stereocenters. The molecule has 186 valence electrons. The van der Waals surface area contributed by atoms with Crippen molar-refractivity contribution in [3.8, 4) is 0 Å².